The third kappa shape index (κ3) is 4.40. The van der Waals surface area contributed by atoms with Gasteiger partial charge in [0.15, 0.2) is 0 Å². The summed E-state index contributed by atoms with van der Waals surface area (Å²) in [6.45, 7) is 1.22. The topological polar surface area (TPSA) is 102 Å². The van der Waals surface area contributed by atoms with Crippen LogP contribution >= 0.6 is 0 Å². The Hall–Kier alpha value is -3.47. The van der Waals surface area contributed by atoms with Crippen molar-refractivity contribution in [2.75, 3.05) is 6.61 Å². The van der Waals surface area contributed by atoms with Crippen molar-refractivity contribution in [3.63, 3.8) is 0 Å². The molecule has 2 heterocycles. The standard InChI is InChI=1S/C19H18F3N5O3/c1-11(10-28)24-17(29)15-7-16(12-3-5-13(6-4-12)19(20,21)22)25-27(18(15)30)14-8-23-26(2)9-14/h3-9,11,28H,10H2,1-2H3,(H,24,29). The van der Waals surface area contributed by atoms with Crippen molar-refractivity contribution in [3.05, 3.63) is 64.2 Å². The molecule has 1 amide bonds. The number of carbonyl (C=O) groups excluding carboxylic acids is 1. The van der Waals surface area contributed by atoms with Gasteiger partial charge in [-0.3, -0.25) is 14.3 Å². The molecule has 30 heavy (non-hydrogen) atoms. The summed E-state index contributed by atoms with van der Waals surface area (Å²) in [6.07, 6.45) is -1.63. The molecule has 1 unspecified atom stereocenters. The minimum Gasteiger partial charge on any atom is -0.394 e. The monoisotopic (exact) mass is 421 g/mol. The summed E-state index contributed by atoms with van der Waals surface area (Å²) in [5, 5.41) is 19.8. The smallest absolute Gasteiger partial charge is 0.394 e. The lowest BCUT2D eigenvalue weighted by molar-refractivity contribution is -0.137. The molecule has 0 bridgehead atoms. The number of hydrogen-bond donors (Lipinski definition) is 2. The molecule has 3 rings (SSSR count). The summed E-state index contributed by atoms with van der Waals surface area (Å²) >= 11 is 0. The van der Waals surface area contributed by atoms with Crippen LogP contribution in [0.3, 0.4) is 0 Å². The highest BCUT2D eigenvalue weighted by Gasteiger charge is 2.30. The number of nitrogens with zero attached hydrogens (tertiary/aromatic N) is 4. The second kappa shape index (κ2) is 8.11. The van der Waals surface area contributed by atoms with Gasteiger partial charge in [-0.05, 0) is 25.1 Å². The van der Waals surface area contributed by atoms with Crippen molar-refractivity contribution in [2.24, 2.45) is 7.05 Å². The van der Waals surface area contributed by atoms with Crippen LogP contribution in [-0.2, 0) is 13.2 Å². The molecule has 158 valence electrons. The molecule has 1 aromatic carbocycles. The molecule has 0 aliphatic rings. The van der Waals surface area contributed by atoms with Crippen LogP contribution in [0.1, 0.15) is 22.8 Å². The number of alkyl halides is 3. The minimum atomic E-state index is -4.49. The van der Waals surface area contributed by atoms with Gasteiger partial charge in [0, 0.05) is 18.7 Å². The predicted molar refractivity (Wildman–Crippen MR) is 101 cm³/mol. The zero-order chi connectivity index (χ0) is 22.1. The van der Waals surface area contributed by atoms with Gasteiger partial charge in [0.1, 0.15) is 11.3 Å². The van der Waals surface area contributed by atoms with Crippen LogP contribution in [0.25, 0.3) is 16.9 Å². The maximum absolute atomic E-state index is 12.9. The Bertz CT molecular complexity index is 1120. The van der Waals surface area contributed by atoms with E-state index in [4.69, 9.17) is 5.11 Å². The molecule has 3 aromatic rings. The molecule has 2 N–H and O–H groups in total. The summed E-state index contributed by atoms with van der Waals surface area (Å²) in [5.74, 6) is -0.741. The Balaban J connectivity index is 2.14. The van der Waals surface area contributed by atoms with E-state index in [1.807, 2.05) is 0 Å². The van der Waals surface area contributed by atoms with Crippen molar-refractivity contribution in [1.82, 2.24) is 24.9 Å². The van der Waals surface area contributed by atoms with Crippen molar-refractivity contribution in [1.29, 1.82) is 0 Å². The van der Waals surface area contributed by atoms with E-state index in [1.54, 1.807) is 14.0 Å². The van der Waals surface area contributed by atoms with Crippen molar-refractivity contribution in [3.8, 4) is 16.9 Å². The molecule has 0 saturated carbocycles. The summed E-state index contributed by atoms with van der Waals surface area (Å²) in [6, 6.07) is 4.81. The van der Waals surface area contributed by atoms with E-state index < -0.39 is 29.2 Å². The van der Waals surface area contributed by atoms with Gasteiger partial charge in [-0.1, -0.05) is 12.1 Å². The average molecular weight is 421 g/mol. The van der Waals surface area contributed by atoms with Crippen LogP contribution in [0, 0.1) is 0 Å². The highest BCUT2D eigenvalue weighted by Crippen LogP contribution is 2.30. The lowest BCUT2D eigenvalue weighted by Gasteiger charge is -2.13. The molecule has 0 radical (unpaired) electrons. The number of aliphatic hydroxyl groups is 1. The first-order valence-corrected chi connectivity index (χ1v) is 8.83. The van der Waals surface area contributed by atoms with Crippen molar-refractivity contribution >= 4 is 5.91 Å². The predicted octanol–water partition coefficient (Wildman–Crippen LogP) is 1.76. The van der Waals surface area contributed by atoms with E-state index in [9.17, 15) is 22.8 Å². The quantitative estimate of drug-likeness (QED) is 0.654. The van der Waals surface area contributed by atoms with Gasteiger partial charge >= 0.3 is 6.18 Å². The Morgan fingerprint density at radius 1 is 1.27 bits per heavy atom. The first kappa shape index (κ1) is 21.2. The molecule has 0 saturated heterocycles. The van der Waals surface area contributed by atoms with Crippen LogP contribution in [-0.4, -0.2) is 43.2 Å². The number of aliphatic hydroxyl groups excluding tert-OH is 1. The van der Waals surface area contributed by atoms with Crippen molar-refractivity contribution in [2.45, 2.75) is 19.1 Å². The number of aromatic nitrogens is 4. The number of carbonyl (C=O) groups is 1. The van der Waals surface area contributed by atoms with Crippen LogP contribution in [0.2, 0.25) is 0 Å². The largest absolute Gasteiger partial charge is 0.416 e. The SMILES string of the molecule is CC(CO)NC(=O)c1cc(-c2ccc(C(F)(F)F)cc2)nn(-c2cnn(C)c2)c1=O. The summed E-state index contributed by atoms with van der Waals surface area (Å²) in [5.41, 5.74) is -1.16. The summed E-state index contributed by atoms with van der Waals surface area (Å²) in [4.78, 5) is 25.4. The Kier molecular flexibility index (Phi) is 5.74. The zero-order valence-corrected chi connectivity index (χ0v) is 16.0. The number of hydrogen-bond acceptors (Lipinski definition) is 5. The molecule has 0 spiro atoms. The first-order chi connectivity index (χ1) is 14.1. The molecule has 0 aliphatic carbocycles. The molecule has 0 aliphatic heterocycles. The van der Waals surface area contributed by atoms with Crippen LogP contribution in [0.4, 0.5) is 13.2 Å². The first-order valence-electron chi connectivity index (χ1n) is 8.83. The fraction of sp³-hybridized carbons (Fsp3) is 0.263. The Labute approximate surface area is 168 Å². The Morgan fingerprint density at radius 2 is 1.93 bits per heavy atom. The molecule has 1 atom stereocenters. The van der Waals surface area contributed by atoms with E-state index >= 15 is 0 Å². The van der Waals surface area contributed by atoms with E-state index in [0.29, 0.717) is 0 Å². The number of aryl methyl sites for hydroxylation is 1. The lowest BCUT2D eigenvalue weighted by atomic mass is 10.1. The third-order valence-corrected chi connectivity index (χ3v) is 4.25. The van der Waals surface area contributed by atoms with Crippen LogP contribution in [0.15, 0.2) is 47.5 Å². The normalized spacial score (nSPS) is 12.6. The summed E-state index contributed by atoms with van der Waals surface area (Å²) < 4.78 is 40.9. The van der Waals surface area contributed by atoms with E-state index in [0.717, 1.165) is 16.8 Å². The molecule has 2 aromatic heterocycles. The molecule has 0 fully saturated rings. The van der Waals surface area contributed by atoms with E-state index in [2.05, 4.69) is 15.5 Å². The highest BCUT2D eigenvalue weighted by molar-refractivity contribution is 5.95. The third-order valence-electron chi connectivity index (χ3n) is 4.25. The fourth-order valence-corrected chi connectivity index (χ4v) is 2.67. The van der Waals surface area contributed by atoms with E-state index in [-0.39, 0.29) is 29.1 Å². The van der Waals surface area contributed by atoms with E-state index in [1.165, 1.54) is 35.3 Å². The van der Waals surface area contributed by atoms with Crippen molar-refractivity contribution < 1.29 is 23.1 Å². The van der Waals surface area contributed by atoms with Gasteiger partial charge in [0.05, 0.1) is 30.3 Å². The minimum absolute atomic E-state index is 0.119. The van der Waals surface area contributed by atoms with Gasteiger partial charge in [-0.25, -0.2) is 0 Å². The second-order valence-corrected chi connectivity index (χ2v) is 6.66. The molecular weight excluding hydrogens is 403 g/mol. The molecular formula is C19H18F3N5O3. The van der Waals surface area contributed by atoms with Crippen LogP contribution < -0.4 is 10.9 Å². The zero-order valence-electron chi connectivity index (χ0n) is 16.0. The van der Waals surface area contributed by atoms with Gasteiger partial charge in [-0.2, -0.15) is 28.1 Å². The molecule has 8 nitrogen and oxygen atoms in total. The number of amides is 1. The maximum Gasteiger partial charge on any atom is 0.416 e. The van der Waals surface area contributed by atoms with Gasteiger partial charge in [0.25, 0.3) is 11.5 Å². The second-order valence-electron chi connectivity index (χ2n) is 6.66. The number of nitrogens with one attached hydrogen (secondary N) is 1. The molecule has 11 heteroatoms. The number of benzene rings is 1. The average Bonchev–Trinajstić information content (AvgIpc) is 3.13. The Morgan fingerprint density at radius 3 is 2.47 bits per heavy atom. The fourth-order valence-electron chi connectivity index (χ4n) is 2.67. The van der Waals surface area contributed by atoms with Crippen LogP contribution in [0.5, 0.6) is 0 Å². The van der Waals surface area contributed by atoms with Gasteiger partial charge < -0.3 is 10.4 Å². The maximum atomic E-state index is 12.9. The number of rotatable bonds is 5. The van der Waals surface area contributed by atoms with Gasteiger partial charge in [-0.15, -0.1) is 0 Å². The summed E-state index contributed by atoms with van der Waals surface area (Å²) in [7, 11) is 1.63. The lowest BCUT2D eigenvalue weighted by Crippen LogP contribution is -2.39. The highest BCUT2D eigenvalue weighted by atomic mass is 19.4. The number of halogens is 3. The van der Waals surface area contributed by atoms with Gasteiger partial charge in [0.2, 0.25) is 0 Å².